The Morgan fingerprint density at radius 2 is 1.86 bits per heavy atom. The molecule has 0 aliphatic carbocycles. The van der Waals surface area contributed by atoms with Crippen LogP contribution in [0.5, 0.6) is 0 Å². The lowest BCUT2D eigenvalue weighted by Crippen LogP contribution is -2.14. The Labute approximate surface area is 130 Å². The number of amides is 1. The normalized spacial score (nSPS) is 10.5. The summed E-state index contributed by atoms with van der Waals surface area (Å²) in [7, 11) is 0. The molecule has 2 nitrogen and oxygen atoms in total. The maximum absolute atomic E-state index is 13.8. The Morgan fingerprint density at radius 3 is 2.48 bits per heavy atom. The van der Waals surface area contributed by atoms with Crippen molar-refractivity contribution in [1.82, 2.24) is 0 Å². The highest BCUT2D eigenvalue weighted by molar-refractivity contribution is 9.09. The molecular weight excluding hydrogens is 340 g/mol. The van der Waals surface area contributed by atoms with Crippen molar-refractivity contribution in [2.75, 3.05) is 10.6 Å². The summed E-state index contributed by atoms with van der Waals surface area (Å²) in [4.78, 5) is 11.5. The van der Waals surface area contributed by atoms with Gasteiger partial charge in [0.25, 0.3) is 0 Å². The van der Waals surface area contributed by atoms with Crippen LogP contribution in [0.3, 0.4) is 0 Å². The molecular formula is C16H14BrF2NO. The Morgan fingerprint density at radius 1 is 1.19 bits per heavy atom. The fourth-order valence-electron chi connectivity index (χ4n) is 2.07. The van der Waals surface area contributed by atoms with E-state index in [-0.39, 0.29) is 23.2 Å². The van der Waals surface area contributed by atoms with Gasteiger partial charge in [0.2, 0.25) is 5.91 Å². The lowest BCUT2D eigenvalue weighted by atomic mass is 10.00. The van der Waals surface area contributed by atoms with Crippen molar-refractivity contribution >= 4 is 27.5 Å². The number of carbonyl (C=O) groups excluding carboxylic acids is 1. The maximum Gasteiger partial charge on any atom is 0.235 e. The summed E-state index contributed by atoms with van der Waals surface area (Å²) < 4.78 is 27.5. The van der Waals surface area contributed by atoms with E-state index in [4.69, 9.17) is 0 Å². The molecule has 0 aliphatic rings. The second-order valence-corrected chi connectivity index (χ2v) is 5.28. The minimum absolute atomic E-state index is 0.00237. The van der Waals surface area contributed by atoms with Crippen molar-refractivity contribution in [3.05, 3.63) is 64.7 Å². The molecule has 1 N–H and O–H groups in total. The van der Waals surface area contributed by atoms with E-state index in [0.29, 0.717) is 11.3 Å². The minimum Gasteiger partial charge on any atom is -0.325 e. The van der Waals surface area contributed by atoms with E-state index in [1.807, 2.05) is 19.1 Å². The number of halogens is 3. The molecule has 5 heteroatoms. The van der Waals surface area contributed by atoms with E-state index < -0.39 is 11.6 Å². The van der Waals surface area contributed by atoms with Gasteiger partial charge in [0.05, 0.1) is 5.33 Å². The third-order valence-corrected chi connectivity index (χ3v) is 3.59. The van der Waals surface area contributed by atoms with Gasteiger partial charge in [-0.1, -0.05) is 39.7 Å². The average Bonchev–Trinajstić information content (AvgIpc) is 2.45. The van der Waals surface area contributed by atoms with Crippen LogP contribution in [0, 0.1) is 18.6 Å². The van der Waals surface area contributed by atoms with Gasteiger partial charge >= 0.3 is 0 Å². The van der Waals surface area contributed by atoms with Crippen LogP contribution in [0.1, 0.15) is 16.7 Å². The van der Waals surface area contributed by atoms with E-state index in [1.54, 1.807) is 6.07 Å². The van der Waals surface area contributed by atoms with E-state index in [9.17, 15) is 13.6 Å². The van der Waals surface area contributed by atoms with Gasteiger partial charge in [0.1, 0.15) is 11.6 Å². The number of hydrogen-bond donors (Lipinski definition) is 1. The summed E-state index contributed by atoms with van der Waals surface area (Å²) in [6.45, 7) is 1.89. The van der Waals surface area contributed by atoms with Crippen molar-refractivity contribution < 1.29 is 13.6 Å². The van der Waals surface area contributed by atoms with Crippen LogP contribution in [-0.4, -0.2) is 11.2 Å². The average molecular weight is 354 g/mol. The first-order chi connectivity index (χ1) is 10.0. The van der Waals surface area contributed by atoms with Crippen molar-refractivity contribution in [3.8, 4) is 0 Å². The summed E-state index contributed by atoms with van der Waals surface area (Å²) >= 11 is 3.07. The molecule has 0 atom stereocenters. The monoisotopic (exact) mass is 353 g/mol. The molecule has 2 aromatic rings. The number of benzene rings is 2. The predicted molar refractivity (Wildman–Crippen MR) is 82.8 cm³/mol. The Hall–Kier alpha value is -1.75. The van der Waals surface area contributed by atoms with Crippen LogP contribution in [-0.2, 0) is 11.2 Å². The second-order valence-electron chi connectivity index (χ2n) is 4.72. The first kappa shape index (κ1) is 15.6. The van der Waals surface area contributed by atoms with Crippen LogP contribution in [0.4, 0.5) is 14.5 Å². The number of alkyl halides is 1. The van der Waals surface area contributed by atoms with E-state index >= 15 is 0 Å². The molecule has 0 heterocycles. The molecule has 0 spiro atoms. The summed E-state index contributed by atoms with van der Waals surface area (Å²) in [5, 5.41) is 2.88. The lowest BCUT2D eigenvalue weighted by molar-refractivity contribution is -0.113. The molecule has 110 valence electrons. The van der Waals surface area contributed by atoms with Crippen molar-refractivity contribution in [2.24, 2.45) is 0 Å². The zero-order valence-corrected chi connectivity index (χ0v) is 13.0. The number of anilines is 1. The largest absolute Gasteiger partial charge is 0.325 e. The van der Waals surface area contributed by atoms with Gasteiger partial charge in [0.15, 0.2) is 0 Å². The molecule has 0 unspecified atom stereocenters. The summed E-state index contributed by atoms with van der Waals surface area (Å²) in [6, 6.07) is 9.18. The molecule has 0 aliphatic heterocycles. The fraction of sp³-hybridized carbons (Fsp3) is 0.188. The molecule has 0 bridgehead atoms. The summed E-state index contributed by atoms with van der Waals surface area (Å²) in [5.74, 6) is -1.39. The SMILES string of the molecule is Cc1ccc(NC(=O)CBr)c(Cc2c(F)cccc2F)c1. The second kappa shape index (κ2) is 6.80. The number of carbonyl (C=O) groups is 1. The van der Waals surface area contributed by atoms with Gasteiger partial charge in [-0.15, -0.1) is 0 Å². The lowest BCUT2D eigenvalue weighted by Gasteiger charge is -2.12. The zero-order chi connectivity index (χ0) is 15.4. The first-order valence-electron chi connectivity index (χ1n) is 6.39. The third kappa shape index (κ3) is 3.88. The van der Waals surface area contributed by atoms with Crippen molar-refractivity contribution in [1.29, 1.82) is 0 Å². The smallest absolute Gasteiger partial charge is 0.235 e. The standard InChI is InChI=1S/C16H14BrF2NO/c1-10-5-6-15(20-16(21)9-17)11(7-10)8-12-13(18)3-2-4-14(12)19/h2-7H,8-9H2,1H3,(H,20,21). The third-order valence-electron chi connectivity index (χ3n) is 3.09. The summed E-state index contributed by atoms with van der Waals surface area (Å²) in [6.07, 6.45) is 0.0814. The van der Waals surface area contributed by atoms with Crippen molar-refractivity contribution in [3.63, 3.8) is 0 Å². The van der Waals surface area contributed by atoms with Gasteiger partial charge in [-0.2, -0.15) is 0 Å². The van der Waals surface area contributed by atoms with Gasteiger partial charge < -0.3 is 5.32 Å². The fourth-order valence-corrected chi connectivity index (χ4v) is 2.21. The van der Waals surface area contributed by atoms with Gasteiger partial charge in [-0.25, -0.2) is 8.78 Å². The van der Waals surface area contributed by atoms with E-state index in [1.165, 1.54) is 18.2 Å². The molecule has 0 fully saturated rings. The topological polar surface area (TPSA) is 29.1 Å². The molecule has 2 aromatic carbocycles. The van der Waals surface area contributed by atoms with Gasteiger partial charge in [-0.3, -0.25) is 4.79 Å². The van der Waals surface area contributed by atoms with Crippen LogP contribution < -0.4 is 5.32 Å². The highest BCUT2D eigenvalue weighted by atomic mass is 79.9. The zero-order valence-electron chi connectivity index (χ0n) is 11.4. The number of rotatable bonds is 4. The molecule has 2 rings (SSSR count). The molecule has 21 heavy (non-hydrogen) atoms. The van der Waals surface area contributed by atoms with Crippen LogP contribution in [0.2, 0.25) is 0 Å². The van der Waals surface area contributed by atoms with Gasteiger partial charge in [0, 0.05) is 17.7 Å². The van der Waals surface area contributed by atoms with Crippen molar-refractivity contribution in [2.45, 2.75) is 13.3 Å². The van der Waals surface area contributed by atoms with Crippen LogP contribution in [0.15, 0.2) is 36.4 Å². The molecule has 0 radical (unpaired) electrons. The highest BCUT2D eigenvalue weighted by Crippen LogP contribution is 2.24. The Kier molecular flexibility index (Phi) is 5.07. The maximum atomic E-state index is 13.8. The van der Waals surface area contributed by atoms with E-state index in [0.717, 1.165) is 5.56 Å². The quantitative estimate of drug-likeness (QED) is 0.820. The number of nitrogens with one attached hydrogen (secondary N) is 1. The Balaban J connectivity index is 2.38. The molecule has 0 aromatic heterocycles. The molecule has 1 amide bonds. The first-order valence-corrected chi connectivity index (χ1v) is 7.51. The highest BCUT2D eigenvalue weighted by Gasteiger charge is 2.13. The van der Waals surface area contributed by atoms with E-state index in [2.05, 4.69) is 21.2 Å². The Bertz CT molecular complexity index is 653. The summed E-state index contributed by atoms with van der Waals surface area (Å²) in [5.41, 5.74) is 2.19. The molecule has 0 saturated heterocycles. The molecule has 0 saturated carbocycles. The van der Waals surface area contributed by atoms with Gasteiger partial charge in [-0.05, 0) is 30.7 Å². The van der Waals surface area contributed by atoms with Crippen LogP contribution >= 0.6 is 15.9 Å². The number of aryl methyl sites for hydroxylation is 1. The number of hydrogen-bond acceptors (Lipinski definition) is 1. The minimum atomic E-state index is -0.589. The predicted octanol–water partition coefficient (Wildman–Crippen LogP) is 4.20. The van der Waals surface area contributed by atoms with Crippen LogP contribution in [0.25, 0.3) is 0 Å².